The van der Waals surface area contributed by atoms with Crippen LogP contribution in [0, 0.1) is 5.82 Å². The third kappa shape index (κ3) is 3.05. The summed E-state index contributed by atoms with van der Waals surface area (Å²) in [6.07, 6.45) is 3.43. The van der Waals surface area contributed by atoms with E-state index in [9.17, 15) is 4.39 Å². The van der Waals surface area contributed by atoms with E-state index < -0.39 is 0 Å². The van der Waals surface area contributed by atoms with Gasteiger partial charge in [-0.2, -0.15) is 0 Å². The van der Waals surface area contributed by atoms with Crippen molar-refractivity contribution in [1.82, 2.24) is 4.98 Å². The highest BCUT2D eigenvalue weighted by Gasteiger charge is 2.09. The molecule has 0 fully saturated rings. The predicted molar refractivity (Wildman–Crippen MR) is 67.6 cm³/mol. The third-order valence-electron chi connectivity index (χ3n) is 2.58. The van der Waals surface area contributed by atoms with Crippen LogP contribution in [0.1, 0.15) is 24.1 Å². The van der Waals surface area contributed by atoms with E-state index in [0.29, 0.717) is 17.9 Å². The van der Waals surface area contributed by atoms with Gasteiger partial charge in [0.15, 0.2) is 0 Å². The predicted octanol–water partition coefficient (Wildman–Crippen LogP) is 2.82. The average Bonchev–Trinajstić information content (AvgIpc) is 2.38. The molecule has 0 saturated carbocycles. The summed E-state index contributed by atoms with van der Waals surface area (Å²) in [7, 11) is 0. The number of rotatable bonds is 4. The molecule has 1 aromatic heterocycles. The highest BCUT2D eigenvalue weighted by Crippen LogP contribution is 2.25. The summed E-state index contributed by atoms with van der Waals surface area (Å²) >= 11 is 0. The Hall–Kier alpha value is -1.94. The molecule has 3 nitrogen and oxygen atoms in total. The van der Waals surface area contributed by atoms with Gasteiger partial charge in [-0.1, -0.05) is 6.07 Å². The van der Waals surface area contributed by atoms with Gasteiger partial charge in [0.25, 0.3) is 0 Å². The minimum atomic E-state index is -0.309. The number of ether oxygens (including phenoxy) is 1. The van der Waals surface area contributed by atoms with Crippen molar-refractivity contribution in [3.63, 3.8) is 0 Å². The Morgan fingerprint density at radius 1 is 1.39 bits per heavy atom. The first-order valence-corrected chi connectivity index (χ1v) is 5.73. The molecule has 0 bridgehead atoms. The highest BCUT2D eigenvalue weighted by atomic mass is 19.1. The van der Waals surface area contributed by atoms with Crippen LogP contribution in [0.2, 0.25) is 0 Å². The van der Waals surface area contributed by atoms with Crippen molar-refractivity contribution < 1.29 is 9.13 Å². The Morgan fingerprint density at radius 3 is 2.89 bits per heavy atom. The van der Waals surface area contributed by atoms with Crippen LogP contribution in [0.5, 0.6) is 5.75 Å². The lowest BCUT2D eigenvalue weighted by Crippen LogP contribution is -2.08. The summed E-state index contributed by atoms with van der Waals surface area (Å²) in [5, 5.41) is 0. The largest absolute Gasteiger partial charge is 0.489 e. The van der Waals surface area contributed by atoms with Crippen LogP contribution in [0.3, 0.4) is 0 Å². The fourth-order valence-corrected chi connectivity index (χ4v) is 1.65. The van der Waals surface area contributed by atoms with Crippen LogP contribution in [0.4, 0.5) is 4.39 Å². The number of halogens is 1. The van der Waals surface area contributed by atoms with Crippen LogP contribution in [-0.2, 0) is 6.61 Å². The van der Waals surface area contributed by atoms with Gasteiger partial charge >= 0.3 is 0 Å². The lowest BCUT2D eigenvalue weighted by molar-refractivity contribution is 0.300. The van der Waals surface area contributed by atoms with Crippen molar-refractivity contribution in [3.05, 3.63) is 59.7 Å². The molecule has 0 aliphatic heterocycles. The minimum Gasteiger partial charge on any atom is -0.489 e. The van der Waals surface area contributed by atoms with E-state index in [4.69, 9.17) is 10.5 Å². The van der Waals surface area contributed by atoms with E-state index in [-0.39, 0.29) is 11.9 Å². The van der Waals surface area contributed by atoms with Crippen molar-refractivity contribution in [3.8, 4) is 5.75 Å². The first-order valence-electron chi connectivity index (χ1n) is 5.73. The molecule has 94 valence electrons. The smallest absolute Gasteiger partial charge is 0.124 e. The second-order valence-corrected chi connectivity index (χ2v) is 4.12. The lowest BCUT2D eigenvalue weighted by Gasteiger charge is -2.14. The van der Waals surface area contributed by atoms with Gasteiger partial charge in [-0.3, -0.25) is 4.98 Å². The van der Waals surface area contributed by atoms with Crippen LogP contribution in [-0.4, -0.2) is 4.98 Å². The van der Waals surface area contributed by atoms with Gasteiger partial charge in [0, 0.05) is 29.6 Å². The molecule has 4 heteroatoms. The Kier molecular flexibility index (Phi) is 3.89. The van der Waals surface area contributed by atoms with Crippen molar-refractivity contribution in [1.29, 1.82) is 0 Å². The standard InChI is InChI=1S/C14H15FN2O/c1-10(16)13-7-12(15)4-5-14(13)18-9-11-3-2-6-17-8-11/h2-8,10H,9,16H2,1H3/t10-/m1/s1. The van der Waals surface area contributed by atoms with Gasteiger partial charge in [0.2, 0.25) is 0 Å². The molecule has 0 radical (unpaired) electrons. The zero-order chi connectivity index (χ0) is 13.0. The van der Waals surface area contributed by atoms with E-state index in [2.05, 4.69) is 4.98 Å². The number of aromatic nitrogens is 1. The second-order valence-electron chi connectivity index (χ2n) is 4.12. The third-order valence-corrected chi connectivity index (χ3v) is 2.58. The number of hydrogen-bond donors (Lipinski definition) is 1. The Bertz CT molecular complexity index is 514. The normalized spacial score (nSPS) is 12.2. The molecule has 1 aromatic carbocycles. The van der Waals surface area contributed by atoms with Gasteiger partial charge in [-0.05, 0) is 31.2 Å². The first-order chi connectivity index (χ1) is 8.66. The van der Waals surface area contributed by atoms with Gasteiger partial charge in [-0.25, -0.2) is 4.39 Å². The van der Waals surface area contributed by atoms with Crippen molar-refractivity contribution in [2.24, 2.45) is 5.73 Å². The van der Waals surface area contributed by atoms with Crippen molar-refractivity contribution in [2.75, 3.05) is 0 Å². The second kappa shape index (κ2) is 5.60. The summed E-state index contributed by atoms with van der Waals surface area (Å²) in [5.74, 6) is 0.297. The molecule has 1 heterocycles. The number of hydrogen-bond acceptors (Lipinski definition) is 3. The molecule has 0 spiro atoms. The molecule has 0 aliphatic rings. The molecular weight excluding hydrogens is 231 g/mol. The molecule has 1 atom stereocenters. The van der Waals surface area contributed by atoms with Gasteiger partial charge in [0.1, 0.15) is 18.2 Å². The van der Waals surface area contributed by atoms with E-state index in [1.54, 1.807) is 25.4 Å². The monoisotopic (exact) mass is 246 g/mol. The van der Waals surface area contributed by atoms with Gasteiger partial charge in [0.05, 0.1) is 0 Å². The molecule has 0 saturated heterocycles. The quantitative estimate of drug-likeness (QED) is 0.902. The molecule has 2 aromatic rings. The summed E-state index contributed by atoms with van der Waals surface area (Å²) in [4.78, 5) is 4.00. The summed E-state index contributed by atoms with van der Waals surface area (Å²) in [6.45, 7) is 2.19. The van der Waals surface area contributed by atoms with Crippen LogP contribution in [0.15, 0.2) is 42.7 Å². The topological polar surface area (TPSA) is 48.1 Å². The fourth-order valence-electron chi connectivity index (χ4n) is 1.65. The van der Waals surface area contributed by atoms with E-state index in [0.717, 1.165) is 5.56 Å². The van der Waals surface area contributed by atoms with Crippen LogP contribution < -0.4 is 10.5 Å². The summed E-state index contributed by atoms with van der Waals surface area (Å²) in [5.41, 5.74) is 7.41. The van der Waals surface area contributed by atoms with Crippen molar-refractivity contribution >= 4 is 0 Å². The highest BCUT2D eigenvalue weighted by molar-refractivity contribution is 5.36. The van der Waals surface area contributed by atoms with Gasteiger partial charge in [-0.15, -0.1) is 0 Å². The van der Waals surface area contributed by atoms with E-state index in [1.165, 1.54) is 12.1 Å². The van der Waals surface area contributed by atoms with Gasteiger partial charge < -0.3 is 10.5 Å². The first kappa shape index (κ1) is 12.5. The van der Waals surface area contributed by atoms with Crippen molar-refractivity contribution in [2.45, 2.75) is 19.6 Å². The Morgan fingerprint density at radius 2 is 2.22 bits per heavy atom. The Balaban J connectivity index is 2.14. The van der Waals surface area contributed by atoms with Crippen LogP contribution in [0.25, 0.3) is 0 Å². The number of nitrogens with zero attached hydrogens (tertiary/aromatic N) is 1. The molecule has 2 N–H and O–H groups in total. The van der Waals surface area contributed by atoms with Crippen LogP contribution >= 0.6 is 0 Å². The molecule has 18 heavy (non-hydrogen) atoms. The zero-order valence-corrected chi connectivity index (χ0v) is 10.1. The number of pyridine rings is 1. The number of nitrogens with two attached hydrogens (primary N) is 1. The maximum absolute atomic E-state index is 13.1. The molecular formula is C14H15FN2O. The number of benzene rings is 1. The molecule has 0 aliphatic carbocycles. The summed E-state index contributed by atoms with van der Waals surface area (Å²) in [6, 6.07) is 7.86. The van der Waals surface area contributed by atoms with E-state index >= 15 is 0 Å². The molecule has 0 unspecified atom stereocenters. The Labute approximate surface area is 105 Å². The zero-order valence-electron chi connectivity index (χ0n) is 10.1. The molecule has 2 rings (SSSR count). The minimum absolute atomic E-state index is 0.274. The average molecular weight is 246 g/mol. The maximum atomic E-state index is 13.1. The lowest BCUT2D eigenvalue weighted by atomic mass is 10.1. The maximum Gasteiger partial charge on any atom is 0.124 e. The van der Waals surface area contributed by atoms with E-state index in [1.807, 2.05) is 12.1 Å². The SMILES string of the molecule is C[C@@H](N)c1cc(F)ccc1OCc1cccnc1. The summed E-state index contributed by atoms with van der Waals surface area (Å²) < 4.78 is 18.8. The fraction of sp³-hybridized carbons (Fsp3) is 0.214. The molecule has 0 amide bonds.